The topological polar surface area (TPSA) is 54.9 Å². The highest BCUT2D eigenvalue weighted by molar-refractivity contribution is 7.98. The van der Waals surface area contributed by atoms with Crippen LogP contribution in [0, 0.1) is 0 Å². The molecule has 4 rings (SSSR count). The molecule has 0 bridgehead atoms. The zero-order valence-corrected chi connectivity index (χ0v) is 15.5. The van der Waals surface area contributed by atoms with Crippen molar-refractivity contribution in [1.82, 2.24) is 9.97 Å². The van der Waals surface area contributed by atoms with E-state index in [2.05, 4.69) is 15.3 Å². The second-order valence-corrected chi connectivity index (χ2v) is 6.78. The molecule has 1 heterocycles. The normalized spacial score (nSPS) is 10.7. The van der Waals surface area contributed by atoms with Gasteiger partial charge >= 0.3 is 0 Å². The molecule has 132 valence electrons. The molecule has 1 amide bonds. The molecule has 0 fully saturated rings. The second kappa shape index (κ2) is 7.60. The van der Waals surface area contributed by atoms with Crippen LogP contribution < -0.4 is 5.32 Å². The van der Waals surface area contributed by atoms with Crippen LogP contribution in [0.25, 0.3) is 22.2 Å². The predicted molar refractivity (Wildman–Crippen MR) is 111 cm³/mol. The minimum Gasteiger partial charge on any atom is -0.290 e. The molecule has 0 spiro atoms. The Bertz CT molecular complexity index is 1110. The van der Waals surface area contributed by atoms with Gasteiger partial charge in [0.25, 0.3) is 5.91 Å². The minimum atomic E-state index is -0.214. The number of fused-ring (bicyclic) bond motifs is 1. The maximum Gasteiger partial charge on any atom is 0.259 e. The highest BCUT2D eigenvalue weighted by atomic mass is 32.2. The first-order valence-electron chi connectivity index (χ1n) is 8.53. The Morgan fingerprint density at radius 2 is 1.56 bits per heavy atom. The molecule has 0 saturated heterocycles. The third-order valence-electron chi connectivity index (χ3n) is 4.23. The van der Waals surface area contributed by atoms with Crippen LogP contribution in [0.15, 0.2) is 83.8 Å². The Labute approximate surface area is 161 Å². The van der Waals surface area contributed by atoms with E-state index in [0.717, 1.165) is 27.1 Å². The first-order chi connectivity index (χ1) is 13.3. The molecular formula is C22H17N3OS. The van der Waals surface area contributed by atoms with Gasteiger partial charge in [0.2, 0.25) is 5.95 Å². The average molecular weight is 371 g/mol. The van der Waals surface area contributed by atoms with E-state index in [1.807, 2.05) is 79.1 Å². The van der Waals surface area contributed by atoms with Gasteiger partial charge in [-0.05, 0) is 24.5 Å². The fraction of sp³-hybridized carbons (Fsp3) is 0.0455. The average Bonchev–Trinajstić information content (AvgIpc) is 2.73. The Balaban J connectivity index is 1.78. The Hall–Kier alpha value is -3.18. The van der Waals surface area contributed by atoms with Crippen molar-refractivity contribution in [2.45, 2.75) is 4.90 Å². The molecule has 3 aromatic carbocycles. The number of para-hydroxylation sites is 1. The molecule has 0 atom stereocenters. The summed E-state index contributed by atoms with van der Waals surface area (Å²) in [5, 5.41) is 3.81. The van der Waals surface area contributed by atoms with Gasteiger partial charge in [-0.15, -0.1) is 11.8 Å². The number of thioether (sulfide) groups is 1. The van der Waals surface area contributed by atoms with Crippen LogP contribution in [-0.4, -0.2) is 22.1 Å². The highest BCUT2D eigenvalue weighted by Crippen LogP contribution is 2.27. The van der Waals surface area contributed by atoms with Crippen molar-refractivity contribution in [3.63, 3.8) is 0 Å². The first kappa shape index (κ1) is 17.2. The summed E-state index contributed by atoms with van der Waals surface area (Å²) in [6.45, 7) is 0. The molecule has 4 aromatic rings. The van der Waals surface area contributed by atoms with Crippen molar-refractivity contribution in [1.29, 1.82) is 0 Å². The first-order valence-corrected chi connectivity index (χ1v) is 9.75. The monoisotopic (exact) mass is 371 g/mol. The van der Waals surface area contributed by atoms with Crippen molar-refractivity contribution in [2.75, 3.05) is 11.6 Å². The summed E-state index contributed by atoms with van der Waals surface area (Å²) >= 11 is 1.54. The largest absolute Gasteiger partial charge is 0.290 e. The zero-order valence-electron chi connectivity index (χ0n) is 14.7. The Kier molecular flexibility index (Phi) is 4.85. The van der Waals surface area contributed by atoms with Crippen LogP contribution in [-0.2, 0) is 0 Å². The summed E-state index contributed by atoms with van der Waals surface area (Å²) in [5.74, 6) is 0.0858. The number of amides is 1. The number of hydrogen-bond acceptors (Lipinski definition) is 4. The number of benzene rings is 3. The molecule has 0 saturated carbocycles. The number of aromatic nitrogens is 2. The van der Waals surface area contributed by atoms with Gasteiger partial charge in [-0.2, -0.15) is 0 Å². The van der Waals surface area contributed by atoms with Crippen LogP contribution in [0.2, 0.25) is 0 Å². The lowest BCUT2D eigenvalue weighted by atomic mass is 10.1. The number of carbonyl (C=O) groups is 1. The Morgan fingerprint density at radius 3 is 2.37 bits per heavy atom. The molecule has 1 aromatic heterocycles. The third-order valence-corrected chi connectivity index (χ3v) is 5.02. The molecule has 1 N–H and O–H groups in total. The van der Waals surface area contributed by atoms with E-state index in [1.165, 1.54) is 11.8 Å². The van der Waals surface area contributed by atoms with Crippen LogP contribution in [0.3, 0.4) is 0 Å². The van der Waals surface area contributed by atoms with E-state index in [4.69, 9.17) is 0 Å². The number of hydrogen-bond donors (Lipinski definition) is 1. The molecule has 0 aliphatic carbocycles. The lowest BCUT2D eigenvalue weighted by Crippen LogP contribution is -2.15. The van der Waals surface area contributed by atoms with E-state index in [0.29, 0.717) is 11.5 Å². The Morgan fingerprint density at radius 1 is 0.852 bits per heavy atom. The molecular weight excluding hydrogens is 354 g/mol. The van der Waals surface area contributed by atoms with Gasteiger partial charge in [-0.1, -0.05) is 60.7 Å². The van der Waals surface area contributed by atoms with Gasteiger partial charge in [0, 0.05) is 15.8 Å². The fourth-order valence-corrected chi connectivity index (χ4v) is 3.54. The fourth-order valence-electron chi connectivity index (χ4n) is 2.95. The SMILES string of the molecule is CSc1ccccc1C(=O)Nc1nc(-c2ccccc2)c2ccccc2n1. The molecule has 0 aliphatic rings. The van der Waals surface area contributed by atoms with Gasteiger partial charge in [-0.25, -0.2) is 9.97 Å². The van der Waals surface area contributed by atoms with Gasteiger partial charge in [0.1, 0.15) is 0 Å². The van der Waals surface area contributed by atoms with Crippen molar-refractivity contribution >= 4 is 34.5 Å². The van der Waals surface area contributed by atoms with E-state index in [9.17, 15) is 4.79 Å². The molecule has 5 heteroatoms. The summed E-state index contributed by atoms with van der Waals surface area (Å²) in [5.41, 5.74) is 3.19. The summed E-state index contributed by atoms with van der Waals surface area (Å²) in [4.78, 5) is 22.9. The lowest BCUT2D eigenvalue weighted by molar-refractivity contribution is 0.102. The van der Waals surface area contributed by atoms with E-state index in [-0.39, 0.29) is 5.91 Å². The molecule has 0 unspecified atom stereocenters. The van der Waals surface area contributed by atoms with Crippen LogP contribution in [0.5, 0.6) is 0 Å². The molecule has 0 aliphatic heterocycles. The predicted octanol–water partition coefficient (Wildman–Crippen LogP) is 5.27. The number of anilines is 1. The summed E-state index contributed by atoms with van der Waals surface area (Å²) in [6, 6.07) is 25.2. The van der Waals surface area contributed by atoms with Gasteiger partial charge in [0.05, 0.1) is 16.8 Å². The van der Waals surface area contributed by atoms with E-state index < -0.39 is 0 Å². The summed E-state index contributed by atoms with van der Waals surface area (Å²) in [7, 11) is 0. The maximum atomic E-state index is 12.8. The van der Waals surface area contributed by atoms with E-state index in [1.54, 1.807) is 6.07 Å². The third kappa shape index (κ3) is 3.55. The summed E-state index contributed by atoms with van der Waals surface area (Å²) < 4.78 is 0. The zero-order chi connectivity index (χ0) is 18.6. The van der Waals surface area contributed by atoms with Crippen molar-refractivity contribution < 1.29 is 4.79 Å². The van der Waals surface area contributed by atoms with Gasteiger partial charge in [0.15, 0.2) is 0 Å². The lowest BCUT2D eigenvalue weighted by Gasteiger charge is -2.11. The van der Waals surface area contributed by atoms with Gasteiger partial charge < -0.3 is 0 Å². The van der Waals surface area contributed by atoms with Crippen LogP contribution >= 0.6 is 11.8 Å². The molecule has 4 nitrogen and oxygen atoms in total. The minimum absolute atomic E-state index is 0.214. The number of carbonyl (C=O) groups excluding carboxylic acids is 1. The second-order valence-electron chi connectivity index (χ2n) is 5.93. The van der Waals surface area contributed by atoms with Crippen molar-refractivity contribution in [3.8, 4) is 11.3 Å². The molecule has 27 heavy (non-hydrogen) atoms. The molecule has 0 radical (unpaired) electrons. The number of nitrogens with zero attached hydrogens (tertiary/aromatic N) is 2. The van der Waals surface area contributed by atoms with Crippen LogP contribution in [0.1, 0.15) is 10.4 Å². The van der Waals surface area contributed by atoms with Crippen LogP contribution in [0.4, 0.5) is 5.95 Å². The van der Waals surface area contributed by atoms with Crippen molar-refractivity contribution in [3.05, 3.63) is 84.4 Å². The number of rotatable bonds is 4. The van der Waals surface area contributed by atoms with E-state index >= 15 is 0 Å². The van der Waals surface area contributed by atoms with Gasteiger partial charge in [-0.3, -0.25) is 10.1 Å². The standard InChI is InChI=1S/C22H17N3OS/c1-27-19-14-8-6-12-17(19)21(26)25-22-23-18-13-7-5-11-16(18)20(24-22)15-9-3-2-4-10-15/h2-14H,1H3,(H,23,24,25,26). The smallest absolute Gasteiger partial charge is 0.259 e. The maximum absolute atomic E-state index is 12.8. The highest BCUT2D eigenvalue weighted by Gasteiger charge is 2.14. The van der Waals surface area contributed by atoms with Crippen molar-refractivity contribution in [2.24, 2.45) is 0 Å². The number of nitrogens with one attached hydrogen (secondary N) is 1. The summed E-state index contributed by atoms with van der Waals surface area (Å²) in [6.07, 6.45) is 1.95. The quantitative estimate of drug-likeness (QED) is 0.497.